The first-order valence-electron chi connectivity index (χ1n) is 4.97. The number of hydrogen-bond donors (Lipinski definition) is 2. The molecule has 2 rings (SSSR count). The first-order chi connectivity index (χ1) is 7.81. The molecule has 0 amide bonds. The normalized spacial score (nSPS) is 12.0. The van der Waals surface area contributed by atoms with Crippen LogP contribution in [0, 0.1) is 11.3 Å². The van der Waals surface area contributed by atoms with E-state index in [9.17, 15) is 5.11 Å². The average Bonchev–Trinajstić information content (AvgIpc) is 2.80. The maximum absolute atomic E-state index is 9.59. The van der Waals surface area contributed by atoms with E-state index in [1.54, 1.807) is 6.07 Å². The lowest BCUT2D eigenvalue weighted by Gasteiger charge is -2.00. The Morgan fingerprint density at radius 3 is 2.81 bits per heavy atom. The largest absolute Gasteiger partial charge is 0.386 e. The maximum Gasteiger partial charge on any atom is 0.108 e. The third-order valence-corrected chi connectivity index (χ3v) is 2.31. The molecule has 0 saturated carbocycles. The number of benzene rings is 1. The summed E-state index contributed by atoms with van der Waals surface area (Å²) in [6.45, 7) is 0. The van der Waals surface area contributed by atoms with Crippen LogP contribution in [0.4, 0.5) is 0 Å². The van der Waals surface area contributed by atoms with E-state index in [0.717, 1.165) is 11.3 Å². The number of aliphatic hydroxyl groups is 1. The summed E-state index contributed by atoms with van der Waals surface area (Å²) < 4.78 is 0. The van der Waals surface area contributed by atoms with Crippen LogP contribution in [0.2, 0.25) is 0 Å². The summed E-state index contributed by atoms with van der Waals surface area (Å²) in [5, 5.41) is 24.9. The molecule has 0 saturated heterocycles. The van der Waals surface area contributed by atoms with Crippen LogP contribution in [-0.4, -0.2) is 15.3 Å². The van der Waals surface area contributed by atoms with Crippen LogP contribution in [0.3, 0.4) is 0 Å². The zero-order chi connectivity index (χ0) is 11.4. The minimum atomic E-state index is -0.796. The average molecular weight is 213 g/mol. The molecule has 0 aliphatic rings. The Hall–Kier alpha value is -2.12. The van der Waals surface area contributed by atoms with Gasteiger partial charge in [-0.25, -0.2) is 0 Å². The fourth-order valence-corrected chi connectivity index (χ4v) is 1.46. The molecule has 1 aromatic heterocycles. The number of hydrogen-bond acceptors (Lipinski definition) is 3. The van der Waals surface area contributed by atoms with Gasteiger partial charge in [0, 0.05) is 5.56 Å². The van der Waals surface area contributed by atoms with Crippen LogP contribution in [0.1, 0.15) is 18.2 Å². The van der Waals surface area contributed by atoms with Gasteiger partial charge >= 0.3 is 0 Å². The molecule has 0 aliphatic heterocycles. The Labute approximate surface area is 93.2 Å². The molecule has 0 bridgehead atoms. The summed E-state index contributed by atoms with van der Waals surface area (Å²) >= 11 is 0. The van der Waals surface area contributed by atoms with Gasteiger partial charge in [0.05, 0.1) is 23.9 Å². The zero-order valence-corrected chi connectivity index (χ0v) is 8.59. The van der Waals surface area contributed by atoms with Crippen LogP contribution < -0.4 is 0 Å². The summed E-state index contributed by atoms with van der Waals surface area (Å²) in [5.41, 5.74) is 2.32. The second kappa shape index (κ2) is 4.60. The maximum atomic E-state index is 9.59. The van der Waals surface area contributed by atoms with Crippen LogP contribution in [-0.2, 0) is 0 Å². The second-order valence-corrected chi connectivity index (χ2v) is 3.45. The third-order valence-electron chi connectivity index (χ3n) is 2.31. The molecule has 1 atom stereocenters. The van der Waals surface area contributed by atoms with Crippen molar-refractivity contribution in [2.24, 2.45) is 0 Å². The molecule has 0 radical (unpaired) electrons. The summed E-state index contributed by atoms with van der Waals surface area (Å²) in [4.78, 5) is 0. The zero-order valence-electron chi connectivity index (χ0n) is 8.59. The van der Waals surface area contributed by atoms with E-state index in [4.69, 9.17) is 5.26 Å². The Bertz CT molecular complexity index is 498. The number of aromatic nitrogens is 2. The smallest absolute Gasteiger partial charge is 0.108 e. The topological polar surface area (TPSA) is 72.7 Å². The van der Waals surface area contributed by atoms with Gasteiger partial charge in [0.15, 0.2) is 0 Å². The Balaban J connectivity index is 2.24. The van der Waals surface area contributed by atoms with E-state index in [0.29, 0.717) is 5.69 Å². The molecular formula is C12H11N3O. The number of H-pyrrole nitrogens is 1. The highest BCUT2D eigenvalue weighted by Crippen LogP contribution is 2.21. The van der Waals surface area contributed by atoms with Crippen molar-refractivity contribution in [2.75, 3.05) is 0 Å². The lowest BCUT2D eigenvalue weighted by molar-refractivity contribution is 0.178. The predicted molar refractivity (Wildman–Crippen MR) is 59.2 cm³/mol. The van der Waals surface area contributed by atoms with E-state index in [1.807, 2.05) is 36.4 Å². The minimum absolute atomic E-state index is 0.0659. The molecule has 1 aromatic carbocycles. The molecule has 0 spiro atoms. The molecule has 0 aliphatic carbocycles. The Morgan fingerprint density at radius 2 is 2.12 bits per heavy atom. The molecule has 16 heavy (non-hydrogen) atoms. The number of aromatic amines is 1. The summed E-state index contributed by atoms with van der Waals surface area (Å²) in [6.07, 6.45) is -0.730. The van der Waals surface area contributed by atoms with E-state index in [1.165, 1.54) is 0 Å². The molecular weight excluding hydrogens is 202 g/mol. The van der Waals surface area contributed by atoms with Gasteiger partial charge in [-0.05, 0) is 6.07 Å². The lowest BCUT2D eigenvalue weighted by Crippen LogP contribution is -1.95. The van der Waals surface area contributed by atoms with E-state index in [-0.39, 0.29) is 6.42 Å². The monoisotopic (exact) mass is 213 g/mol. The van der Waals surface area contributed by atoms with Crippen LogP contribution in [0.25, 0.3) is 11.3 Å². The Morgan fingerprint density at radius 1 is 1.38 bits per heavy atom. The molecule has 1 unspecified atom stereocenters. The van der Waals surface area contributed by atoms with Crippen molar-refractivity contribution in [3.8, 4) is 17.3 Å². The van der Waals surface area contributed by atoms with Gasteiger partial charge in [-0.3, -0.25) is 5.10 Å². The van der Waals surface area contributed by atoms with E-state index in [2.05, 4.69) is 10.2 Å². The lowest BCUT2D eigenvalue weighted by atomic mass is 10.1. The van der Waals surface area contributed by atoms with Crippen molar-refractivity contribution in [1.82, 2.24) is 10.2 Å². The van der Waals surface area contributed by atoms with Gasteiger partial charge < -0.3 is 5.11 Å². The fraction of sp³-hybridized carbons (Fsp3) is 0.167. The third kappa shape index (κ3) is 2.10. The molecule has 2 N–H and O–H groups in total. The summed E-state index contributed by atoms with van der Waals surface area (Å²) in [7, 11) is 0. The minimum Gasteiger partial charge on any atom is -0.386 e. The quantitative estimate of drug-likeness (QED) is 0.819. The van der Waals surface area contributed by atoms with Gasteiger partial charge in [0.1, 0.15) is 6.10 Å². The van der Waals surface area contributed by atoms with Crippen molar-refractivity contribution >= 4 is 0 Å². The summed E-state index contributed by atoms with van der Waals surface area (Å²) in [6, 6.07) is 13.3. The first kappa shape index (κ1) is 10.4. The number of rotatable bonds is 3. The highest BCUT2D eigenvalue weighted by atomic mass is 16.3. The predicted octanol–water partition coefficient (Wildman–Crippen LogP) is 2.02. The highest BCUT2D eigenvalue weighted by Gasteiger charge is 2.11. The van der Waals surface area contributed by atoms with Gasteiger partial charge in [0.25, 0.3) is 0 Å². The van der Waals surface area contributed by atoms with Crippen molar-refractivity contribution in [1.29, 1.82) is 5.26 Å². The Kier molecular flexibility index (Phi) is 2.99. The van der Waals surface area contributed by atoms with Crippen LogP contribution in [0.5, 0.6) is 0 Å². The molecule has 2 aromatic rings. The van der Waals surface area contributed by atoms with Crippen molar-refractivity contribution in [3.63, 3.8) is 0 Å². The van der Waals surface area contributed by atoms with Crippen molar-refractivity contribution < 1.29 is 5.11 Å². The second-order valence-electron chi connectivity index (χ2n) is 3.45. The van der Waals surface area contributed by atoms with Crippen molar-refractivity contribution in [3.05, 3.63) is 42.1 Å². The van der Waals surface area contributed by atoms with Crippen molar-refractivity contribution in [2.45, 2.75) is 12.5 Å². The van der Waals surface area contributed by atoms with E-state index >= 15 is 0 Å². The molecule has 1 heterocycles. The molecule has 4 nitrogen and oxygen atoms in total. The van der Waals surface area contributed by atoms with Gasteiger partial charge in [-0.2, -0.15) is 10.4 Å². The number of nitriles is 1. The molecule has 0 fully saturated rings. The van der Waals surface area contributed by atoms with Crippen LogP contribution in [0.15, 0.2) is 36.4 Å². The number of nitrogens with zero attached hydrogens (tertiary/aromatic N) is 2. The SMILES string of the molecule is N#CCC(O)c1cc(-c2ccccc2)n[nH]1. The standard InChI is InChI=1S/C12H11N3O/c13-7-6-12(16)11-8-10(14-15-11)9-4-2-1-3-5-9/h1-5,8,12,16H,6H2,(H,14,15). The molecule has 80 valence electrons. The fourth-order valence-electron chi connectivity index (χ4n) is 1.46. The summed E-state index contributed by atoms with van der Waals surface area (Å²) in [5.74, 6) is 0. The highest BCUT2D eigenvalue weighted by molar-refractivity contribution is 5.58. The first-order valence-corrected chi connectivity index (χ1v) is 4.97. The molecule has 4 heteroatoms. The number of aliphatic hydroxyl groups excluding tert-OH is 1. The number of nitrogens with one attached hydrogen (secondary N) is 1. The van der Waals surface area contributed by atoms with E-state index < -0.39 is 6.10 Å². The van der Waals surface area contributed by atoms with Gasteiger partial charge in [-0.15, -0.1) is 0 Å². The van der Waals surface area contributed by atoms with Gasteiger partial charge in [0.2, 0.25) is 0 Å². The van der Waals surface area contributed by atoms with Crippen LogP contribution >= 0.6 is 0 Å². The van der Waals surface area contributed by atoms with Gasteiger partial charge in [-0.1, -0.05) is 30.3 Å².